The fraction of sp³-hybridized carbons (Fsp3) is 0.417. The number of carboxylic acids is 1. The van der Waals surface area contributed by atoms with Gasteiger partial charge in [0.2, 0.25) is 0 Å². The van der Waals surface area contributed by atoms with Crippen molar-refractivity contribution in [1.29, 1.82) is 0 Å². The molecule has 1 aromatic heterocycles. The molecule has 5 nitrogen and oxygen atoms in total. The van der Waals surface area contributed by atoms with Crippen LogP contribution in [0.4, 0.5) is 0 Å². The summed E-state index contributed by atoms with van der Waals surface area (Å²) in [6, 6.07) is 1.54. The summed E-state index contributed by atoms with van der Waals surface area (Å²) >= 11 is 5.93. The van der Waals surface area contributed by atoms with Gasteiger partial charge in [0.15, 0.2) is 0 Å². The van der Waals surface area contributed by atoms with E-state index in [9.17, 15) is 9.59 Å². The molecule has 1 N–H and O–H groups in total. The molecule has 1 amide bonds. The molecule has 0 radical (unpaired) electrons. The number of amides is 1. The number of likely N-dealkylation sites (tertiary alicyclic amines) is 1. The second-order valence-corrected chi connectivity index (χ2v) is 4.89. The highest BCUT2D eigenvalue weighted by atomic mass is 35.5. The highest BCUT2D eigenvalue weighted by Crippen LogP contribution is 2.26. The Hall–Kier alpha value is -1.62. The third kappa shape index (κ3) is 2.31. The van der Waals surface area contributed by atoms with E-state index in [0.29, 0.717) is 17.1 Å². The lowest BCUT2D eigenvalue weighted by atomic mass is 9.99. The van der Waals surface area contributed by atoms with Gasteiger partial charge in [0.1, 0.15) is 0 Å². The Balaban J connectivity index is 2.17. The van der Waals surface area contributed by atoms with Crippen molar-refractivity contribution in [3.05, 3.63) is 29.0 Å². The van der Waals surface area contributed by atoms with Gasteiger partial charge in [-0.25, -0.2) is 0 Å². The Morgan fingerprint density at radius 3 is 2.78 bits per heavy atom. The van der Waals surface area contributed by atoms with E-state index in [0.717, 1.165) is 0 Å². The van der Waals surface area contributed by atoms with Crippen LogP contribution in [-0.2, 0) is 4.79 Å². The molecule has 0 spiro atoms. The molecule has 2 rings (SSSR count). The van der Waals surface area contributed by atoms with Crippen LogP contribution in [0.25, 0.3) is 0 Å². The van der Waals surface area contributed by atoms with E-state index >= 15 is 0 Å². The average Bonchev–Trinajstić information content (AvgIpc) is 2.71. The van der Waals surface area contributed by atoms with Crippen LogP contribution in [0.3, 0.4) is 0 Å². The van der Waals surface area contributed by atoms with Crippen LogP contribution in [0, 0.1) is 11.8 Å². The van der Waals surface area contributed by atoms with Gasteiger partial charge in [0, 0.05) is 25.5 Å². The molecule has 1 aromatic rings. The number of carboxylic acid groups (broad SMARTS) is 1. The van der Waals surface area contributed by atoms with Crippen LogP contribution >= 0.6 is 11.6 Å². The van der Waals surface area contributed by atoms with Crippen molar-refractivity contribution in [3.8, 4) is 0 Å². The quantitative estimate of drug-likeness (QED) is 0.883. The fourth-order valence-electron chi connectivity index (χ4n) is 2.16. The summed E-state index contributed by atoms with van der Waals surface area (Å²) in [5.74, 6) is -1.69. The molecule has 2 unspecified atom stereocenters. The Bertz CT molecular complexity index is 492. The Morgan fingerprint density at radius 2 is 2.22 bits per heavy atom. The first kappa shape index (κ1) is 12.8. The van der Waals surface area contributed by atoms with Crippen molar-refractivity contribution in [2.75, 3.05) is 13.1 Å². The van der Waals surface area contributed by atoms with Gasteiger partial charge < -0.3 is 10.0 Å². The minimum atomic E-state index is -0.866. The van der Waals surface area contributed by atoms with E-state index in [2.05, 4.69) is 4.98 Å². The maximum Gasteiger partial charge on any atom is 0.308 e. The zero-order chi connectivity index (χ0) is 13.3. The van der Waals surface area contributed by atoms with Crippen LogP contribution in [0.15, 0.2) is 18.5 Å². The molecule has 1 aliphatic heterocycles. The molecule has 2 atom stereocenters. The van der Waals surface area contributed by atoms with Gasteiger partial charge in [-0.3, -0.25) is 14.6 Å². The zero-order valence-electron chi connectivity index (χ0n) is 9.84. The minimum absolute atomic E-state index is 0.0538. The lowest BCUT2D eigenvalue weighted by molar-refractivity contribution is -0.142. The van der Waals surface area contributed by atoms with Crippen LogP contribution in [0.5, 0.6) is 0 Å². The van der Waals surface area contributed by atoms with Gasteiger partial charge in [-0.15, -0.1) is 0 Å². The summed E-state index contributed by atoms with van der Waals surface area (Å²) in [4.78, 5) is 28.6. The number of aromatic nitrogens is 1. The van der Waals surface area contributed by atoms with Crippen LogP contribution < -0.4 is 0 Å². The molecule has 18 heavy (non-hydrogen) atoms. The largest absolute Gasteiger partial charge is 0.481 e. The van der Waals surface area contributed by atoms with Crippen molar-refractivity contribution in [1.82, 2.24) is 9.88 Å². The predicted molar refractivity (Wildman–Crippen MR) is 65.4 cm³/mol. The van der Waals surface area contributed by atoms with E-state index in [1.54, 1.807) is 6.07 Å². The smallest absolute Gasteiger partial charge is 0.308 e. The molecular weight excluding hydrogens is 256 g/mol. The normalized spacial score (nSPS) is 23.1. The average molecular weight is 269 g/mol. The maximum atomic E-state index is 12.2. The van der Waals surface area contributed by atoms with Crippen molar-refractivity contribution in [2.45, 2.75) is 6.92 Å². The van der Waals surface area contributed by atoms with E-state index in [-0.39, 0.29) is 18.4 Å². The molecule has 96 valence electrons. The van der Waals surface area contributed by atoms with Gasteiger partial charge in [-0.2, -0.15) is 0 Å². The summed E-state index contributed by atoms with van der Waals surface area (Å²) in [7, 11) is 0. The monoisotopic (exact) mass is 268 g/mol. The fourth-order valence-corrected chi connectivity index (χ4v) is 2.35. The number of halogens is 1. The van der Waals surface area contributed by atoms with Gasteiger partial charge >= 0.3 is 5.97 Å². The zero-order valence-corrected chi connectivity index (χ0v) is 10.6. The third-order valence-corrected chi connectivity index (χ3v) is 3.54. The standard InChI is InChI=1S/C12H13ClN2O3/c1-7-5-15(6-9(7)12(17)18)11(16)8-4-14-3-2-10(8)13/h2-4,7,9H,5-6H2,1H3,(H,17,18). The van der Waals surface area contributed by atoms with Crippen LogP contribution in [0.1, 0.15) is 17.3 Å². The lowest BCUT2D eigenvalue weighted by Crippen LogP contribution is -2.30. The van der Waals surface area contributed by atoms with E-state index in [1.165, 1.54) is 17.3 Å². The molecule has 1 fully saturated rings. The Kier molecular flexibility index (Phi) is 3.52. The van der Waals surface area contributed by atoms with Crippen molar-refractivity contribution in [2.24, 2.45) is 11.8 Å². The molecule has 0 aliphatic carbocycles. The first-order valence-corrected chi connectivity index (χ1v) is 6.00. The topological polar surface area (TPSA) is 70.5 Å². The van der Waals surface area contributed by atoms with E-state index in [4.69, 9.17) is 16.7 Å². The first-order chi connectivity index (χ1) is 8.50. The molecule has 0 aromatic carbocycles. The second-order valence-electron chi connectivity index (χ2n) is 4.49. The highest BCUT2D eigenvalue weighted by molar-refractivity contribution is 6.33. The number of nitrogens with zero attached hydrogens (tertiary/aromatic N) is 2. The van der Waals surface area contributed by atoms with Crippen molar-refractivity contribution in [3.63, 3.8) is 0 Å². The van der Waals surface area contributed by atoms with Gasteiger partial charge in [-0.05, 0) is 12.0 Å². The number of hydrogen-bond acceptors (Lipinski definition) is 3. The Morgan fingerprint density at radius 1 is 1.50 bits per heavy atom. The molecule has 1 aliphatic rings. The molecule has 2 heterocycles. The van der Waals surface area contributed by atoms with Crippen LogP contribution in [0.2, 0.25) is 5.02 Å². The summed E-state index contributed by atoms with van der Waals surface area (Å²) in [6.07, 6.45) is 2.91. The third-order valence-electron chi connectivity index (χ3n) is 3.22. The summed E-state index contributed by atoms with van der Waals surface area (Å²) in [6.45, 7) is 2.48. The molecule has 6 heteroatoms. The summed E-state index contributed by atoms with van der Waals surface area (Å²) in [5.41, 5.74) is 0.317. The predicted octanol–water partition coefficient (Wildman–Crippen LogP) is 1.53. The van der Waals surface area contributed by atoms with Crippen LogP contribution in [-0.4, -0.2) is 40.0 Å². The minimum Gasteiger partial charge on any atom is -0.481 e. The number of aliphatic carboxylic acids is 1. The molecule has 0 bridgehead atoms. The lowest BCUT2D eigenvalue weighted by Gasteiger charge is -2.16. The summed E-state index contributed by atoms with van der Waals surface area (Å²) in [5, 5.41) is 9.37. The number of hydrogen-bond donors (Lipinski definition) is 1. The number of carbonyl (C=O) groups excluding carboxylic acids is 1. The molecule has 1 saturated heterocycles. The Labute approximate surface area is 109 Å². The number of pyridine rings is 1. The van der Waals surface area contributed by atoms with E-state index in [1.807, 2.05) is 6.92 Å². The second kappa shape index (κ2) is 4.94. The van der Waals surface area contributed by atoms with Gasteiger partial charge in [-0.1, -0.05) is 18.5 Å². The van der Waals surface area contributed by atoms with Crippen molar-refractivity contribution >= 4 is 23.5 Å². The molecular formula is C12H13ClN2O3. The van der Waals surface area contributed by atoms with Gasteiger partial charge in [0.05, 0.1) is 16.5 Å². The maximum absolute atomic E-state index is 12.2. The summed E-state index contributed by atoms with van der Waals surface area (Å²) < 4.78 is 0. The van der Waals surface area contributed by atoms with E-state index < -0.39 is 11.9 Å². The molecule has 0 saturated carbocycles. The first-order valence-electron chi connectivity index (χ1n) is 5.62. The highest BCUT2D eigenvalue weighted by Gasteiger charge is 2.37. The van der Waals surface area contributed by atoms with Gasteiger partial charge in [0.25, 0.3) is 5.91 Å². The number of carbonyl (C=O) groups is 2. The van der Waals surface area contributed by atoms with Crippen molar-refractivity contribution < 1.29 is 14.7 Å². The number of rotatable bonds is 2. The SMILES string of the molecule is CC1CN(C(=O)c2cnccc2Cl)CC1C(=O)O.